The van der Waals surface area contributed by atoms with Crippen molar-refractivity contribution in [2.75, 3.05) is 37.4 Å². The van der Waals surface area contributed by atoms with E-state index in [-0.39, 0.29) is 17.2 Å². The summed E-state index contributed by atoms with van der Waals surface area (Å²) < 4.78 is 33.0. The highest BCUT2D eigenvalue weighted by Gasteiger charge is 2.24. The molecule has 172 valence electrons. The number of anilines is 2. The molecule has 0 fully saturated rings. The number of thiophene rings is 1. The van der Waals surface area contributed by atoms with Crippen LogP contribution in [0.15, 0.2) is 45.0 Å². The van der Waals surface area contributed by atoms with E-state index in [1.165, 1.54) is 21.7 Å². The monoisotopic (exact) mass is 476 g/mol. The third-order valence-electron chi connectivity index (χ3n) is 5.02. The zero-order chi connectivity index (χ0) is 23.5. The van der Waals surface area contributed by atoms with Crippen LogP contribution in [0, 0.1) is 6.92 Å². The first-order chi connectivity index (χ1) is 15.2. The van der Waals surface area contributed by atoms with Crippen LogP contribution in [0.25, 0.3) is 10.8 Å². The number of aryl methyl sites for hydroxylation is 1. The molecule has 0 unspecified atom stereocenters. The van der Waals surface area contributed by atoms with Gasteiger partial charge in [-0.25, -0.2) is 13.4 Å². The van der Waals surface area contributed by atoms with E-state index in [1.54, 1.807) is 32.9 Å². The molecule has 2 heterocycles. The third-order valence-corrected chi connectivity index (χ3v) is 7.92. The summed E-state index contributed by atoms with van der Waals surface area (Å²) in [5.74, 6) is 0.760. The summed E-state index contributed by atoms with van der Waals surface area (Å²) in [6, 6.07) is 8.59. The van der Waals surface area contributed by atoms with Gasteiger partial charge in [-0.05, 0) is 36.6 Å². The fourth-order valence-electron chi connectivity index (χ4n) is 3.32. The molecular weight excluding hydrogens is 448 g/mol. The predicted molar refractivity (Wildman–Crippen MR) is 128 cm³/mol. The van der Waals surface area contributed by atoms with Gasteiger partial charge in [0, 0.05) is 27.2 Å². The molecule has 0 bridgehead atoms. The summed E-state index contributed by atoms with van der Waals surface area (Å²) in [5, 5.41) is 4.79. The lowest BCUT2D eigenvalue weighted by Gasteiger charge is -2.22. The molecule has 8 nitrogen and oxygen atoms in total. The molecule has 3 rings (SSSR count). The van der Waals surface area contributed by atoms with Gasteiger partial charge in [-0.3, -0.25) is 4.79 Å². The van der Waals surface area contributed by atoms with Gasteiger partial charge in [0.15, 0.2) is 0 Å². The summed E-state index contributed by atoms with van der Waals surface area (Å²) in [6.07, 6.45) is 0.0145. The maximum absolute atomic E-state index is 12.9. The summed E-state index contributed by atoms with van der Waals surface area (Å²) in [7, 11) is 0.0120. The lowest BCUT2D eigenvalue weighted by atomic mass is 10.2. The van der Waals surface area contributed by atoms with E-state index in [4.69, 9.17) is 4.42 Å². The Balaban J connectivity index is 1.86. The minimum Gasteiger partial charge on any atom is -0.440 e. The second kappa shape index (κ2) is 9.85. The molecule has 0 atom stereocenters. The molecular formula is C22H28N4O4S2. The molecule has 0 spiro atoms. The Bertz CT molecular complexity index is 1180. The Morgan fingerprint density at radius 1 is 1.19 bits per heavy atom. The second-order valence-electron chi connectivity index (χ2n) is 7.39. The van der Waals surface area contributed by atoms with Gasteiger partial charge in [0.2, 0.25) is 21.8 Å². The molecule has 0 aliphatic rings. The van der Waals surface area contributed by atoms with Crippen molar-refractivity contribution < 1.29 is 17.6 Å². The standard InChI is InChI=1S/C22H28N4O4S2/c1-6-26(7-2)32(28,29)16-10-11-19(25(4)5)18(13-16)23-21(27)14-17-15(3)30-22(24-17)20-9-8-12-31-20/h8-13H,6-7,14H2,1-5H3,(H,23,27). The van der Waals surface area contributed by atoms with E-state index in [9.17, 15) is 13.2 Å². The van der Waals surface area contributed by atoms with Crippen molar-refractivity contribution in [3.05, 3.63) is 47.2 Å². The van der Waals surface area contributed by atoms with Gasteiger partial charge in [-0.15, -0.1) is 11.3 Å². The number of oxazole rings is 1. The van der Waals surface area contributed by atoms with E-state index in [0.717, 1.165) is 4.88 Å². The van der Waals surface area contributed by atoms with Crippen molar-refractivity contribution >= 4 is 38.6 Å². The number of carbonyl (C=O) groups excluding carboxylic acids is 1. The predicted octanol–water partition coefficient (Wildman–Crippen LogP) is 3.99. The largest absolute Gasteiger partial charge is 0.440 e. The van der Waals surface area contributed by atoms with Crippen LogP contribution in [0.5, 0.6) is 0 Å². The van der Waals surface area contributed by atoms with Gasteiger partial charge in [0.1, 0.15) is 5.76 Å². The Morgan fingerprint density at radius 2 is 1.91 bits per heavy atom. The van der Waals surface area contributed by atoms with E-state index >= 15 is 0 Å². The Hall–Kier alpha value is -2.69. The molecule has 0 aliphatic heterocycles. The van der Waals surface area contributed by atoms with Crippen molar-refractivity contribution in [1.29, 1.82) is 0 Å². The SMILES string of the molecule is CCN(CC)S(=O)(=O)c1ccc(N(C)C)c(NC(=O)Cc2nc(-c3cccs3)oc2C)c1. The first-order valence-corrected chi connectivity index (χ1v) is 12.6. The number of sulfonamides is 1. The molecule has 2 aromatic heterocycles. The number of hydrogen-bond donors (Lipinski definition) is 1. The molecule has 10 heteroatoms. The second-order valence-corrected chi connectivity index (χ2v) is 10.3. The maximum Gasteiger partial charge on any atom is 0.243 e. The highest BCUT2D eigenvalue weighted by Crippen LogP contribution is 2.30. The number of aromatic nitrogens is 1. The van der Waals surface area contributed by atoms with E-state index in [1.807, 2.05) is 36.5 Å². The van der Waals surface area contributed by atoms with Crippen molar-refractivity contribution in [3.63, 3.8) is 0 Å². The van der Waals surface area contributed by atoms with E-state index < -0.39 is 10.0 Å². The number of benzene rings is 1. The molecule has 1 aromatic carbocycles. The van der Waals surface area contributed by atoms with Gasteiger partial charge in [0.25, 0.3) is 0 Å². The molecule has 0 radical (unpaired) electrons. The fourth-order valence-corrected chi connectivity index (χ4v) is 5.46. The lowest BCUT2D eigenvalue weighted by Crippen LogP contribution is -2.30. The first-order valence-electron chi connectivity index (χ1n) is 10.3. The molecule has 1 amide bonds. The van der Waals surface area contributed by atoms with Crippen LogP contribution < -0.4 is 10.2 Å². The average Bonchev–Trinajstić information content (AvgIpc) is 3.39. The minimum absolute atomic E-state index is 0.0145. The summed E-state index contributed by atoms with van der Waals surface area (Å²) in [4.78, 5) is 20.2. The van der Waals surface area contributed by atoms with Gasteiger partial charge in [-0.1, -0.05) is 19.9 Å². The van der Waals surface area contributed by atoms with Crippen LogP contribution in [0.3, 0.4) is 0 Å². The summed E-state index contributed by atoms with van der Waals surface area (Å²) in [5.41, 5.74) is 1.67. The topological polar surface area (TPSA) is 95.8 Å². The molecule has 32 heavy (non-hydrogen) atoms. The number of hydrogen-bond acceptors (Lipinski definition) is 7. The van der Waals surface area contributed by atoms with Gasteiger partial charge in [0.05, 0.1) is 33.3 Å². The van der Waals surface area contributed by atoms with Crippen LogP contribution in [0.4, 0.5) is 11.4 Å². The van der Waals surface area contributed by atoms with Gasteiger partial charge in [-0.2, -0.15) is 4.31 Å². The Labute approximate surface area is 192 Å². The zero-order valence-corrected chi connectivity index (χ0v) is 20.5. The highest BCUT2D eigenvalue weighted by atomic mass is 32.2. The van der Waals surface area contributed by atoms with Gasteiger partial charge < -0.3 is 14.6 Å². The molecule has 0 saturated heterocycles. The Kier molecular flexibility index (Phi) is 7.37. The third kappa shape index (κ3) is 5.03. The number of amides is 1. The summed E-state index contributed by atoms with van der Waals surface area (Å²) >= 11 is 1.51. The van der Waals surface area contributed by atoms with Crippen LogP contribution in [-0.2, 0) is 21.2 Å². The number of rotatable bonds is 9. The lowest BCUT2D eigenvalue weighted by molar-refractivity contribution is -0.115. The normalized spacial score (nSPS) is 11.7. The maximum atomic E-state index is 12.9. The smallest absolute Gasteiger partial charge is 0.243 e. The minimum atomic E-state index is -3.65. The fraction of sp³-hybridized carbons (Fsp3) is 0.364. The zero-order valence-electron chi connectivity index (χ0n) is 18.9. The van der Waals surface area contributed by atoms with Crippen molar-refractivity contribution in [2.24, 2.45) is 0 Å². The number of carbonyl (C=O) groups is 1. The summed E-state index contributed by atoms with van der Waals surface area (Å²) in [6.45, 7) is 6.10. The molecule has 0 saturated carbocycles. The molecule has 0 aliphatic carbocycles. The van der Waals surface area contributed by atoms with E-state index in [0.29, 0.717) is 41.8 Å². The van der Waals surface area contributed by atoms with Crippen LogP contribution in [0.1, 0.15) is 25.3 Å². The van der Waals surface area contributed by atoms with Crippen molar-refractivity contribution in [2.45, 2.75) is 32.1 Å². The quantitative estimate of drug-likeness (QED) is 0.502. The first kappa shape index (κ1) is 24.0. The van der Waals surface area contributed by atoms with Gasteiger partial charge >= 0.3 is 0 Å². The van der Waals surface area contributed by atoms with Crippen LogP contribution in [0.2, 0.25) is 0 Å². The van der Waals surface area contributed by atoms with Crippen LogP contribution >= 0.6 is 11.3 Å². The molecule has 3 aromatic rings. The highest BCUT2D eigenvalue weighted by molar-refractivity contribution is 7.89. The van der Waals surface area contributed by atoms with Crippen molar-refractivity contribution in [3.8, 4) is 10.8 Å². The number of nitrogens with zero attached hydrogens (tertiary/aromatic N) is 3. The van der Waals surface area contributed by atoms with E-state index in [2.05, 4.69) is 10.3 Å². The van der Waals surface area contributed by atoms with Crippen LogP contribution in [-0.4, -0.2) is 50.8 Å². The Morgan fingerprint density at radius 3 is 2.50 bits per heavy atom. The number of nitrogens with one attached hydrogen (secondary N) is 1. The van der Waals surface area contributed by atoms with Crippen molar-refractivity contribution in [1.82, 2.24) is 9.29 Å². The molecule has 1 N–H and O–H groups in total. The average molecular weight is 477 g/mol.